The molecule has 0 saturated carbocycles. The number of halogens is 2. The van der Waals surface area contributed by atoms with Crippen LogP contribution in [0.15, 0.2) is 58.4 Å². The Kier molecular flexibility index (Phi) is 4.31. The van der Waals surface area contributed by atoms with E-state index in [2.05, 4.69) is 26.2 Å². The van der Waals surface area contributed by atoms with E-state index in [4.69, 9.17) is 0 Å². The highest BCUT2D eigenvalue weighted by Crippen LogP contribution is 2.24. The summed E-state index contributed by atoms with van der Waals surface area (Å²) in [7, 11) is 0. The molecule has 2 nitrogen and oxygen atoms in total. The van der Waals surface area contributed by atoms with Gasteiger partial charge in [-0.15, -0.1) is 11.3 Å². The van der Waals surface area contributed by atoms with Crippen LogP contribution in [-0.4, -0.2) is 4.98 Å². The van der Waals surface area contributed by atoms with Gasteiger partial charge in [0.2, 0.25) is 0 Å². The van der Waals surface area contributed by atoms with Gasteiger partial charge >= 0.3 is 0 Å². The molecule has 3 rings (SSSR count). The SMILES string of the molecule is Fc1ccc(-c2nc(CNc3ccc(Br)cc3)cs2)cc1. The van der Waals surface area contributed by atoms with E-state index < -0.39 is 0 Å². The summed E-state index contributed by atoms with van der Waals surface area (Å²) in [5, 5.41) is 6.25. The molecule has 0 aliphatic heterocycles. The van der Waals surface area contributed by atoms with Gasteiger partial charge in [-0.05, 0) is 48.5 Å². The van der Waals surface area contributed by atoms with E-state index in [1.165, 1.54) is 12.1 Å². The fraction of sp³-hybridized carbons (Fsp3) is 0.0625. The van der Waals surface area contributed by atoms with Crippen molar-refractivity contribution in [3.05, 3.63) is 69.9 Å². The minimum Gasteiger partial charge on any atom is -0.379 e. The van der Waals surface area contributed by atoms with Crippen molar-refractivity contribution in [2.75, 3.05) is 5.32 Å². The molecule has 5 heteroatoms. The highest BCUT2D eigenvalue weighted by Gasteiger charge is 2.05. The molecule has 0 fully saturated rings. The lowest BCUT2D eigenvalue weighted by atomic mass is 10.2. The van der Waals surface area contributed by atoms with E-state index in [1.54, 1.807) is 23.5 Å². The third-order valence-electron chi connectivity index (χ3n) is 2.96. The number of nitrogens with one attached hydrogen (secondary N) is 1. The summed E-state index contributed by atoms with van der Waals surface area (Å²) in [4.78, 5) is 4.57. The average molecular weight is 363 g/mol. The van der Waals surface area contributed by atoms with Gasteiger partial charge in [-0.3, -0.25) is 0 Å². The number of hydrogen-bond acceptors (Lipinski definition) is 3. The minimum absolute atomic E-state index is 0.229. The number of nitrogens with zero attached hydrogens (tertiary/aromatic N) is 1. The van der Waals surface area contributed by atoms with Gasteiger partial charge in [0.15, 0.2) is 0 Å². The number of hydrogen-bond donors (Lipinski definition) is 1. The lowest BCUT2D eigenvalue weighted by Gasteiger charge is -2.04. The molecule has 21 heavy (non-hydrogen) atoms. The van der Waals surface area contributed by atoms with E-state index in [9.17, 15) is 4.39 Å². The molecular formula is C16H12BrFN2S. The van der Waals surface area contributed by atoms with Crippen LogP contribution in [-0.2, 0) is 6.54 Å². The normalized spacial score (nSPS) is 10.6. The minimum atomic E-state index is -0.229. The maximum Gasteiger partial charge on any atom is 0.123 e. The van der Waals surface area contributed by atoms with E-state index in [0.29, 0.717) is 6.54 Å². The van der Waals surface area contributed by atoms with Gasteiger partial charge in [0.25, 0.3) is 0 Å². The molecule has 0 atom stereocenters. The molecular weight excluding hydrogens is 351 g/mol. The standard InChI is InChI=1S/C16H12BrFN2S/c17-12-3-7-14(8-4-12)19-9-15-10-21-16(20-15)11-1-5-13(18)6-2-11/h1-8,10,19H,9H2. The Hall–Kier alpha value is -1.72. The third-order valence-corrected chi connectivity index (χ3v) is 4.43. The van der Waals surface area contributed by atoms with Gasteiger partial charge in [-0.2, -0.15) is 0 Å². The van der Waals surface area contributed by atoms with E-state index in [0.717, 1.165) is 26.4 Å². The lowest BCUT2D eigenvalue weighted by molar-refractivity contribution is 0.628. The van der Waals surface area contributed by atoms with E-state index in [-0.39, 0.29) is 5.82 Å². The summed E-state index contributed by atoms with van der Waals surface area (Å²) < 4.78 is 14.0. The van der Waals surface area contributed by atoms with Crippen molar-refractivity contribution in [3.63, 3.8) is 0 Å². The van der Waals surface area contributed by atoms with Crippen molar-refractivity contribution in [1.82, 2.24) is 4.98 Å². The maximum absolute atomic E-state index is 12.9. The zero-order valence-corrected chi connectivity index (χ0v) is 13.4. The molecule has 0 amide bonds. The quantitative estimate of drug-likeness (QED) is 0.678. The first kappa shape index (κ1) is 14.2. The second-order valence-corrected chi connectivity index (χ2v) is 6.29. The summed E-state index contributed by atoms with van der Waals surface area (Å²) in [6.45, 7) is 0.666. The van der Waals surface area contributed by atoms with Crippen molar-refractivity contribution < 1.29 is 4.39 Å². The second kappa shape index (κ2) is 6.37. The lowest BCUT2D eigenvalue weighted by Crippen LogP contribution is -1.99. The van der Waals surface area contributed by atoms with Gasteiger partial charge in [-0.25, -0.2) is 9.37 Å². The van der Waals surface area contributed by atoms with Crippen molar-refractivity contribution >= 4 is 33.0 Å². The van der Waals surface area contributed by atoms with Gasteiger partial charge in [0.1, 0.15) is 10.8 Å². The first-order valence-corrected chi connectivity index (χ1v) is 8.08. The van der Waals surface area contributed by atoms with Crippen molar-refractivity contribution in [2.45, 2.75) is 6.54 Å². The zero-order valence-electron chi connectivity index (χ0n) is 11.0. The summed E-state index contributed by atoms with van der Waals surface area (Å²) >= 11 is 4.98. The topological polar surface area (TPSA) is 24.9 Å². The van der Waals surface area contributed by atoms with Crippen LogP contribution < -0.4 is 5.32 Å². The molecule has 2 aromatic carbocycles. The van der Waals surface area contributed by atoms with Crippen molar-refractivity contribution in [1.29, 1.82) is 0 Å². The molecule has 0 unspecified atom stereocenters. The smallest absolute Gasteiger partial charge is 0.123 e. The molecule has 0 aliphatic carbocycles. The third kappa shape index (κ3) is 3.68. The summed E-state index contributed by atoms with van der Waals surface area (Å²) in [5.74, 6) is -0.229. The molecule has 0 aliphatic rings. The Morgan fingerprint density at radius 3 is 2.48 bits per heavy atom. The highest BCUT2D eigenvalue weighted by atomic mass is 79.9. The van der Waals surface area contributed by atoms with Crippen LogP contribution in [0.3, 0.4) is 0 Å². The van der Waals surface area contributed by atoms with Crippen molar-refractivity contribution in [2.24, 2.45) is 0 Å². The summed E-state index contributed by atoms with van der Waals surface area (Å²) in [6, 6.07) is 14.4. The number of aromatic nitrogens is 1. The molecule has 1 N–H and O–H groups in total. The van der Waals surface area contributed by atoms with Gasteiger partial charge in [-0.1, -0.05) is 15.9 Å². The Morgan fingerprint density at radius 1 is 1.05 bits per heavy atom. The van der Waals surface area contributed by atoms with E-state index >= 15 is 0 Å². The van der Waals surface area contributed by atoms with Crippen LogP contribution in [0.25, 0.3) is 10.6 Å². The Bertz CT molecular complexity index is 723. The number of rotatable bonds is 4. The Balaban J connectivity index is 1.67. The largest absolute Gasteiger partial charge is 0.379 e. The predicted molar refractivity (Wildman–Crippen MR) is 89.0 cm³/mol. The Morgan fingerprint density at radius 2 is 1.76 bits per heavy atom. The Labute approximate surface area is 134 Å². The zero-order chi connectivity index (χ0) is 14.7. The fourth-order valence-corrected chi connectivity index (χ4v) is 2.96. The fourth-order valence-electron chi connectivity index (χ4n) is 1.87. The molecule has 0 saturated heterocycles. The monoisotopic (exact) mass is 362 g/mol. The first-order chi connectivity index (χ1) is 10.2. The van der Waals surface area contributed by atoms with Crippen molar-refractivity contribution in [3.8, 4) is 10.6 Å². The number of thiazole rings is 1. The van der Waals surface area contributed by atoms with Gasteiger partial charge in [0, 0.05) is 21.1 Å². The molecule has 0 spiro atoms. The summed E-state index contributed by atoms with van der Waals surface area (Å²) in [5.41, 5.74) is 2.97. The van der Waals surface area contributed by atoms with E-state index in [1.807, 2.05) is 29.6 Å². The van der Waals surface area contributed by atoms with Crippen LogP contribution in [0.1, 0.15) is 5.69 Å². The number of anilines is 1. The van der Waals surface area contributed by atoms with Crippen LogP contribution in [0.4, 0.5) is 10.1 Å². The van der Waals surface area contributed by atoms with Gasteiger partial charge < -0.3 is 5.32 Å². The average Bonchev–Trinajstić information content (AvgIpc) is 2.96. The maximum atomic E-state index is 12.9. The predicted octanol–water partition coefficient (Wildman–Crippen LogP) is 5.32. The molecule has 1 aromatic heterocycles. The van der Waals surface area contributed by atoms with Crippen LogP contribution in [0.2, 0.25) is 0 Å². The van der Waals surface area contributed by atoms with Crippen LogP contribution in [0, 0.1) is 5.82 Å². The molecule has 106 valence electrons. The highest BCUT2D eigenvalue weighted by molar-refractivity contribution is 9.10. The molecule has 0 bridgehead atoms. The van der Waals surface area contributed by atoms with Gasteiger partial charge in [0.05, 0.1) is 12.2 Å². The van der Waals surface area contributed by atoms with Crippen LogP contribution in [0.5, 0.6) is 0 Å². The summed E-state index contributed by atoms with van der Waals surface area (Å²) in [6.07, 6.45) is 0. The first-order valence-electron chi connectivity index (χ1n) is 6.40. The molecule has 3 aromatic rings. The molecule has 0 radical (unpaired) electrons. The van der Waals surface area contributed by atoms with Crippen LogP contribution >= 0.6 is 27.3 Å². The number of benzene rings is 2. The molecule has 1 heterocycles. The second-order valence-electron chi connectivity index (χ2n) is 4.51.